The minimum absolute atomic E-state index is 0.458. The van der Waals surface area contributed by atoms with Gasteiger partial charge in [0.2, 0.25) is 0 Å². The molecule has 3 nitrogen and oxygen atoms in total. The molecule has 0 saturated carbocycles. The Kier molecular flexibility index (Phi) is 5.71. The van der Waals surface area contributed by atoms with Crippen molar-refractivity contribution in [3.05, 3.63) is 59.1 Å². The van der Waals surface area contributed by atoms with Crippen molar-refractivity contribution in [3.63, 3.8) is 0 Å². The van der Waals surface area contributed by atoms with Crippen LogP contribution in [0.3, 0.4) is 0 Å². The Labute approximate surface area is 124 Å². The van der Waals surface area contributed by atoms with Crippen molar-refractivity contribution in [3.8, 4) is 11.5 Å². The Morgan fingerprint density at radius 3 is 2.45 bits per heavy atom. The second-order valence-corrected chi connectivity index (χ2v) is 4.71. The third-order valence-corrected chi connectivity index (χ3v) is 3.03. The average Bonchev–Trinajstić information content (AvgIpc) is 2.47. The average molecular weight is 292 g/mol. The van der Waals surface area contributed by atoms with Crippen molar-refractivity contribution in [2.75, 3.05) is 20.3 Å². The number of hydrogen-bond acceptors (Lipinski definition) is 3. The van der Waals surface area contributed by atoms with Gasteiger partial charge in [0.1, 0.15) is 24.7 Å². The fraction of sp³-hybridized carbons (Fsp3) is 0.250. The normalized spacial score (nSPS) is 10.3. The monoisotopic (exact) mass is 291 g/mol. The molecular weight excluding hydrogens is 274 g/mol. The van der Waals surface area contributed by atoms with Gasteiger partial charge in [0.25, 0.3) is 0 Å². The third kappa shape index (κ3) is 4.44. The Morgan fingerprint density at radius 1 is 1.00 bits per heavy atom. The quantitative estimate of drug-likeness (QED) is 0.792. The summed E-state index contributed by atoms with van der Waals surface area (Å²) in [7, 11) is 1.90. The number of hydrogen-bond donors (Lipinski definition) is 1. The van der Waals surface area contributed by atoms with Crippen LogP contribution in [0.5, 0.6) is 11.5 Å². The van der Waals surface area contributed by atoms with Crippen molar-refractivity contribution in [1.82, 2.24) is 5.32 Å². The van der Waals surface area contributed by atoms with Crippen LogP contribution < -0.4 is 14.8 Å². The van der Waals surface area contributed by atoms with Gasteiger partial charge in [0, 0.05) is 6.54 Å². The summed E-state index contributed by atoms with van der Waals surface area (Å²) >= 11 is 6.17. The first-order valence-corrected chi connectivity index (χ1v) is 6.91. The maximum absolute atomic E-state index is 6.17. The zero-order chi connectivity index (χ0) is 14.2. The highest BCUT2D eigenvalue weighted by molar-refractivity contribution is 6.32. The highest BCUT2D eigenvalue weighted by Gasteiger charge is 2.03. The van der Waals surface area contributed by atoms with Crippen LogP contribution in [0.2, 0.25) is 5.02 Å². The van der Waals surface area contributed by atoms with Gasteiger partial charge in [-0.15, -0.1) is 0 Å². The van der Waals surface area contributed by atoms with E-state index in [2.05, 4.69) is 5.32 Å². The summed E-state index contributed by atoms with van der Waals surface area (Å²) in [5, 5.41) is 3.70. The van der Waals surface area contributed by atoms with Crippen LogP contribution in [0.15, 0.2) is 48.5 Å². The third-order valence-electron chi connectivity index (χ3n) is 2.73. The molecule has 0 heterocycles. The predicted octanol–water partition coefficient (Wildman–Crippen LogP) is 3.52. The minimum atomic E-state index is 0.458. The van der Waals surface area contributed by atoms with Gasteiger partial charge in [-0.25, -0.2) is 0 Å². The molecule has 1 N–H and O–H groups in total. The fourth-order valence-electron chi connectivity index (χ4n) is 1.80. The summed E-state index contributed by atoms with van der Waals surface area (Å²) in [4.78, 5) is 0. The zero-order valence-corrected chi connectivity index (χ0v) is 12.2. The first kappa shape index (κ1) is 14.7. The van der Waals surface area contributed by atoms with Crippen LogP contribution in [0.1, 0.15) is 5.56 Å². The van der Waals surface area contributed by atoms with Gasteiger partial charge >= 0.3 is 0 Å². The van der Waals surface area contributed by atoms with Crippen molar-refractivity contribution >= 4 is 11.6 Å². The molecule has 2 rings (SSSR count). The van der Waals surface area contributed by atoms with Crippen molar-refractivity contribution < 1.29 is 9.47 Å². The van der Waals surface area contributed by atoms with Gasteiger partial charge in [-0.3, -0.25) is 0 Å². The molecule has 2 aromatic rings. The minimum Gasteiger partial charge on any atom is -0.490 e. The van der Waals surface area contributed by atoms with Gasteiger partial charge < -0.3 is 14.8 Å². The van der Waals surface area contributed by atoms with E-state index >= 15 is 0 Å². The smallest absolute Gasteiger partial charge is 0.138 e. The molecule has 0 fully saturated rings. The molecule has 20 heavy (non-hydrogen) atoms. The number of halogens is 1. The molecule has 0 aliphatic rings. The van der Waals surface area contributed by atoms with Gasteiger partial charge in [-0.1, -0.05) is 35.9 Å². The molecule has 106 valence electrons. The van der Waals surface area contributed by atoms with Gasteiger partial charge in [0.05, 0.1) is 5.02 Å². The lowest BCUT2D eigenvalue weighted by molar-refractivity contribution is 0.217. The van der Waals surface area contributed by atoms with Crippen LogP contribution >= 0.6 is 11.6 Å². The number of nitrogens with one attached hydrogen (secondary N) is 1. The Balaban J connectivity index is 1.79. The van der Waals surface area contributed by atoms with Gasteiger partial charge in [0.15, 0.2) is 0 Å². The molecule has 4 heteroatoms. The largest absolute Gasteiger partial charge is 0.490 e. The standard InChI is InChI=1S/C16H18ClNO2/c1-18-12-13-7-8-16(15(17)11-13)20-10-9-19-14-5-3-2-4-6-14/h2-8,11,18H,9-10,12H2,1H3. The molecule has 0 aliphatic carbocycles. The summed E-state index contributed by atoms with van der Waals surface area (Å²) in [6, 6.07) is 15.5. The predicted molar refractivity (Wildman–Crippen MR) is 81.6 cm³/mol. The van der Waals surface area contributed by atoms with E-state index in [1.54, 1.807) is 0 Å². The van der Waals surface area contributed by atoms with Crippen molar-refractivity contribution in [2.24, 2.45) is 0 Å². The van der Waals surface area contributed by atoms with Crippen LogP contribution in [0.4, 0.5) is 0 Å². The van der Waals surface area contributed by atoms with Gasteiger partial charge in [-0.05, 0) is 36.9 Å². The lowest BCUT2D eigenvalue weighted by Crippen LogP contribution is -2.09. The van der Waals surface area contributed by atoms with Crippen LogP contribution in [-0.2, 0) is 6.54 Å². The summed E-state index contributed by atoms with van der Waals surface area (Å²) in [6.45, 7) is 1.73. The Morgan fingerprint density at radius 2 is 1.75 bits per heavy atom. The van der Waals surface area contributed by atoms with Crippen LogP contribution in [0.25, 0.3) is 0 Å². The molecule has 0 radical (unpaired) electrons. The van der Waals surface area contributed by atoms with Gasteiger partial charge in [-0.2, -0.15) is 0 Å². The van der Waals surface area contributed by atoms with E-state index in [0.717, 1.165) is 17.9 Å². The maximum atomic E-state index is 6.17. The van der Waals surface area contributed by atoms with E-state index in [0.29, 0.717) is 24.0 Å². The van der Waals surface area contributed by atoms with Crippen LogP contribution in [0, 0.1) is 0 Å². The Bertz CT molecular complexity index is 531. The fourth-order valence-corrected chi connectivity index (χ4v) is 2.06. The second-order valence-electron chi connectivity index (χ2n) is 4.31. The molecule has 0 atom stereocenters. The highest BCUT2D eigenvalue weighted by atomic mass is 35.5. The van der Waals surface area contributed by atoms with E-state index in [9.17, 15) is 0 Å². The summed E-state index contributed by atoms with van der Waals surface area (Å²) in [5.41, 5.74) is 1.13. The number of benzene rings is 2. The molecule has 0 bridgehead atoms. The van der Waals surface area contributed by atoms with E-state index in [1.165, 1.54) is 0 Å². The second kappa shape index (κ2) is 7.78. The summed E-state index contributed by atoms with van der Waals surface area (Å²) < 4.78 is 11.2. The lowest BCUT2D eigenvalue weighted by atomic mass is 10.2. The molecule has 0 saturated heterocycles. The summed E-state index contributed by atoms with van der Waals surface area (Å²) in [5.74, 6) is 1.52. The number of rotatable bonds is 7. The first-order valence-electron chi connectivity index (χ1n) is 6.53. The molecule has 2 aromatic carbocycles. The molecule has 0 unspecified atom stereocenters. The molecule has 0 aromatic heterocycles. The Hall–Kier alpha value is -1.71. The van der Waals surface area contributed by atoms with E-state index in [4.69, 9.17) is 21.1 Å². The summed E-state index contributed by atoms with van der Waals surface area (Å²) in [6.07, 6.45) is 0. The van der Waals surface area contributed by atoms with E-state index in [-0.39, 0.29) is 0 Å². The first-order chi connectivity index (χ1) is 9.79. The molecule has 0 aliphatic heterocycles. The van der Waals surface area contributed by atoms with Crippen molar-refractivity contribution in [1.29, 1.82) is 0 Å². The van der Waals surface area contributed by atoms with E-state index in [1.807, 2.05) is 55.6 Å². The van der Waals surface area contributed by atoms with E-state index < -0.39 is 0 Å². The van der Waals surface area contributed by atoms with Crippen molar-refractivity contribution in [2.45, 2.75) is 6.54 Å². The molecule has 0 spiro atoms. The zero-order valence-electron chi connectivity index (χ0n) is 11.4. The number of ether oxygens (including phenoxy) is 2. The lowest BCUT2D eigenvalue weighted by Gasteiger charge is -2.10. The molecule has 0 amide bonds. The van der Waals surface area contributed by atoms with Crippen LogP contribution in [-0.4, -0.2) is 20.3 Å². The maximum Gasteiger partial charge on any atom is 0.138 e. The number of para-hydroxylation sites is 1. The highest BCUT2D eigenvalue weighted by Crippen LogP contribution is 2.25. The molecular formula is C16H18ClNO2. The topological polar surface area (TPSA) is 30.5 Å². The SMILES string of the molecule is CNCc1ccc(OCCOc2ccccc2)c(Cl)c1.